The van der Waals surface area contributed by atoms with E-state index >= 15 is 0 Å². The highest BCUT2D eigenvalue weighted by Crippen LogP contribution is 2.30. The zero-order chi connectivity index (χ0) is 15.2. The van der Waals surface area contributed by atoms with E-state index in [0.717, 1.165) is 17.2 Å². The summed E-state index contributed by atoms with van der Waals surface area (Å²) in [4.78, 5) is 10.6. The molecule has 0 bridgehead atoms. The van der Waals surface area contributed by atoms with Gasteiger partial charge in [-0.15, -0.1) is 0 Å². The Bertz CT molecular complexity index is 677. The second-order valence-corrected chi connectivity index (χ2v) is 5.01. The Morgan fingerprint density at radius 2 is 2.05 bits per heavy atom. The Hall–Kier alpha value is -2.26. The molecule has 4 heteroatoms. The summed E-state index contributed by atoms with van der Waals surface area (Å²) in [5.74, 6) is -0.530. The van der Waals surface area contributed by atoms with Gasteiger partial charge in [-0.25, -0.2) is 4.79 Å². The maximum absolute atomic E-state index is 10.6. The van der Waals surface area contributed by atoms with Crippen molar-refractivity contribution in [1.29, 1.82) is 0 Å². The molecule has 0 spiro atoms. The topological polar surface area (TPSA) is 46.5 Å². The largest absolute Gasteiger partial charge is 0.487 e. The van der Waals surface area contributed by atoms with Crippen molar-refractivity contribution >= 4 is 23.6 Å². The molecule has 0 unspecified atom stereocenters. The van der Waals surface area contributed by atoms with Crippen LogP contribution in [0, 0.1) is 6.92 Å². The quantitative estimate of drug-likeness (QED) is 0.836. The summed E-state index contributed by atoms with van der Waals surface area (Å²) >= 11 is 6.14. The van der Waals surface area contributed by atoms with E-state index in [0.29, 0.717) is 22.9 Å². The molecular formula is C17H15ClO3. The second kappa shape index (κ2) is 6.95. The van der Waals surface area contributed by atoms with Crippen LogP contribution in [0.2, 0.25) is 5.02 Å². The molecule has 2 rings (SSSR count). The van der Waals surface area contributed by atoms with E-state index in [1.165, 1.54) is 6.08 Å². The standard InChI is InChI=1S/C17H15ClO3/c1-12-4-2-5-13(10-12)11-21-17-14(8-9-16(19)20)6-3-7-15(17)18/h2-10H,11H2,1H3,(H,19,20)/b9-8+. The predicted molar refractivity (Wildman–Crippen MR) is 83.6 cm³/mol. The number of carboxylic acids is 1. The maximum atomic E-state index is 10.6. The Labute approximate surface area is 128 Å². The van der Waals surface area contributed by atoms with Crippen LogP contribution in [0.3, 0.4) is 0 Å². The van der Waals surface area contributed by atoms with Crippen molar-refractivity contribution in [3.8, 4) is 5.75 Å². The smallest absolute Gasteiger partial charge is 0.328 e. The van der Waals surface area contributed by atoms with E-state index in [9.17, 15) is 4.79 Å². The van der Waals surface area contributed by atoms with Crippen molar-refractivity contribution in [2.24, 2.45) is 0 Å². The molecule has 0 atom stereocenters. The number of hydrogen-bond acceptors (Lipinski definition) is 2. The van der Waals surface area contributed by atoms with Crippen LogP contribution in [0.5, 0.6) is 5.75 Å². The summed E-state index contributed by atoms with van der Waals surface area (Å²) < 4.78 is 5.77. The third-order valence-electron chi connectivity index (χ3n) is 2.87. The molecule has 0 saturated heterocycles. The normalized spacial score (nSPS) is 10.8. The van der Waals surface area contributed by atoms with Crippen LogP contribution < -0.4 is 4.74 Å². The van der Waals surface area contributed by atoms with Gasteiger partial charge in [-0.1, -0.05) is 53.6 Å². The summed E-state index contributed by atoms with van der Waals surface area (Å²) in [5.41, 5.74) is 2.82. The third kappa shape index (κ3) is 4.36. The van der Waals surface area contributed by atoms with Gasteiger partial charge in [-0.05, 0) is 24.6 Å². The minimum Gasteiger partial charge on any atom is -0.487 e. The molecule has 0 fully saturated rings. The number of benzene rings is 2. The van der Waals surface area contributed by atoms with E-state index in [-0.39, 0.29) is 0 Å². The van der Waals surface area contributed by atoms with Crippen molar-refractivity contribution in [2.45, 2.75) is 13.5 Å². The Kier molecular flexibility index (Phi) is 5.01. The van der Waals surface area contributed by atoms with Crippen LogP contribution >= 0.6 is 11.6 Å². The second-order valence-electron chi connectivity index (χ2n) is 4.61. The molecule has 0 amide bonds. The van der Waals surface area contributed by atoms with Crippen LogP contribution in [0.1, 0.15) is 16.7 Å². The highest BCUT2D eigenvalue weighted by Gasteiger charge is 2.07. The number of carboxylic acid groups (broad SMARTS) is 1. The third-order valence-corrected chi connectivity index (χ3v) is 3.17. The van der Waals surface area contributed by atoms with E-state index in [1.807, 2.05) is 31.2 Å². The number of aryl methyl sites for hydroxylation is 1. The van der Waals surface area contributed by atoms with Gasteiger partial charge in [-0.2, -0.15) is 0 Å². The van der Waals surface area contributed by atoms with Crippen LogP contribution in [-0.4, -0.2) is 11.1 Å². The Morgan fingerprint density at radius 3 is 2.76 bits per heavy atom. The molecule has 0 aliphatic heterocycles. The first-order chi connectivity index (χ1) is 10.1. The van der Waals surface area contributed by atoms with Gasteiger partial charge in [0.25, 0.3) is 0 Å². The lowest BCUT2D eigenvalue weighted by atomic mass is 10.1. The van der Waals surface area contributed by atoms with Crippen LogP contribution in [-0.2, 0) is 11.4 Å². The van der Waals surface area contributed by atoms with Crippen LogP contribution in [0.25, 0.3) is 6.08 Å². The van der Waals surface area contributed by atoms with Gasteiger partial charge in [0.05, 0.1) is 5.02 Å². The van der Waals surface area contributed by atoms with E-state index in [4.69, 9.17) is 21.4 Å². The molecule has 0 saturated carbocycles. The van der Waals surface area contributed by atoms with Crippen molar-refractivity contribution in [1.82, 2.24) is 0 Å². The van der Waals surface area contributed by atoms with Gasteiger partial charge in [-0.3, -0.25) is 0 Å². The van der Waals surface area contributed by atoms with Gasteiger partial charge < -0.3 is 9.84 Å². The zero-order valence-corrected chi connectivity index (χ0v) is 12.3. The summed E-state index contributed by atoms with van der Waals surface area (Å²) in [7, 11) is 0. The maximum Gasteiger partial charge on any atom is 0.328 e. The molecule has 0 aliphatic carbocycles. The number of hydrogen-bond donors (Lipinski definition) is 1. The lowest BCUT2D eigenvalue weighted by Crippen LogP contribution is -1.98. The molecule has 21 heavy (non-hydrogen) atoms. The Balaban J connectivity index is 2.20. The fraction of sp³-hybridized carbons (Fsp3) is 0.118. The molecule has 1 N–H and O–H groups in total. The number of rotatable bonds is 5. The summed E-state index contributed by atoms with van der Waals surface area (Å²) in [5, 5.41) is 9.17. The first kappa shape index (κ1) is 15.1. The van der Waals surface area contributed by atoms with Crippen molar-refractivity contribution in [3.05, 3.63) is 70.3 Å². The fourth-order valence-electron chi connectivity index (χ4n) is 1.93. The van der Waals surface area contributed by atoms with Crippen molar-refractivity contribution in [2.75, 3.05) is 0 Å². The van der Waals surface area contributed by atoms with Crippen molar-refractivity contribution < 1.29 is 14.6 Å². The van der Waals surface area contributed by atoms with Crippen LogP contribution in [0.15, 0.2) is 48.5 Å². The average Bonchev–Trinajstić information content (AvgIpc) is 2.44. The summed E-state index contributed by atoms with van der Waals surface area (Å²) in [6, 6.07) is 13.2. The SMILES string of the molecule is Cc1cccc(COc2c(Cl)cccc2/C=C/C(=O)O)c1. The number of aliphatic carboxylic acids is 1. The van der Waals surface area contributed by atoms with Gasteiger partial charge in [0, 0.05) is 11.6 Å². The first-order valence-electron chi connectivity index (χ1n) is 6.44. The monoisotopic (exact) mass is 302 g/mol. The summed E-state index contributed by atoms with van der Waals surface area (Å²) in [6.45, 7) is 2.39. The number of carbonyl (C=O) groups is 1. The molecule has 108 valence electrons. The first-order valence-corrected chi connectivity index (χ1v) is 6.82. The van der Waals surface area contributed by atoms with Gasteiger partial charge in [0.2, 0.25) is 0 Å². The Morgan fingerprint density at radius 1 is 1.29 bits per heavy atom. The predicted octanol–water partition coefficient (Wildman–Crippen LogP) is 4.33. The molecular weight excluding hydrogens is 288 g/mol. The van der Waals surface area contributed by atoms with Gasteiger partial charge in [0.1, 0.15) is 12.4 Å². The van der Waals surface area contributed by atoms with E-state index < -0.39 is 5.97 Å². The minimum atomic E-state index is -1.01. The van der Waals surface area contributed by atoms with Crippen molar-refractivity contribution in [3.63, 3.8) is 0 Å². The average molecular weight is 303 g/mol. The van der Waals surface area contributed by atoms with Gasteiger partial charge >= 0.3 is 5.97 Å². The molecule has 2 aromatic carbocycles. The zero-order valence-electron chi connectivity index (χ0n) is 11.5. The lowest BCUT2D eigenvalue weighted by molar-refractivity contribution is -0.131. The number of para-hydroxylation sites is 1. The van der Waals surface area contributed by atoms with E-state index in [1.54, 1.807) is 18.2 Å². The number of halogens is 1. The minimum absolute atomic E-state index is 0.374. The molecule has 3 nitrogen and oxygen atoms in total. The highest BCUT2D eigenvalue weighted by atomic mass is 35.5. The summed E-state index contributed by atoms with van der Waals surface area (Å²) in [6.07, 6.45) is 2.53. The molecule has 0 aromatic heterocycles. The fourth-order valence-corrected chi connectivity index (χ4v) is 2.16. The lowest BCUT2D eigenvalue weighted by Gasteiger charge is -2.11. The number of ether oxygens (including phenoxy) is 1. The highest BCUT2D eigenvalue weighted by molar-refractivity contribution is 6.32. The molecule has 0 radical (unpaired) electrons. The molecule has 0 heterocycles. The van der Waals surface area contributed by atoms with E-state index in [2.05, 4.69) is 0 Å². The molecule has 2 aromatic rings. The molecule has 0 aliphatic rings. The van der Waals surface area contributed by atoms with Gasteiger partial charge in [0.15, 0.2) is 0 Å². The van der Waals surface area contributed by atoms with Crippen LogP contribution in [0.4, 0.5) is 0 Å².